The van der Waals surface area contributed by atoms with Crippen molar-refractivity contribution in [2.24, 2.45) is 11.5 Å². The van der Waals surface area contributed by atoms with Crippen LogP contribution >= 0.6 is 11.3 Å². The number of benzene rings is 1. The number of hydrogen-bond donors (Lipinski definition) is 3. The summed E-state index contributed by atoms with van der Waals surface area (Å²) in [5, 5.41) is 4.23. The minimum Gasteiger partial charge on any atom is -0.365 e. The van der Waals surface area contributed by atoms with Crippen molar-refractivity contribution in [3.8, 4) is 16.9 Å². The number of aldehydes is 1. The van der Waals surface area contributed by atoms with Crippen LogP contribution in [0.25, 0.3) is 16.9 Å². The normalized spacial score (nSPS) is 9.94. The lowest BCUT2D eigenvalue weighted by Gasteiger charge is -2.03. The Morgan fingerprint density at radius 2 is 1.88 bits per heavy atom. The van der Waals surface area contributed by atoms with Crippen molar-refractivity contribution in [2.45, 2.75) is 38.5 Å². The Bertz CT molecular complexity index is 1080. The van der Waals surface area contributed by atoms with Crippen molar-refractivity contribution < 1.29 is 9.59 Å². The van der Waals surface area contributed by atoms with Crippen molar-refractivity contribution in [2.75, 3.05) is 7.05 Å². The fraction of sp³-hybridized carbons (Fsp3) is 0.292. The molecule has 0 saturated carbocycles. The van der Waals surface area contributed by atoms with E-state index in [9.17, 15) is 9.59 Å². The van der Waals surface area contributed by atoms with Gasteiger partial charge in [-0.3, -0.25) is 9.78 Å². The summed E-state index contributed by atoms with van der Waals surface area (Å²) in [5.41, 5.74) is 14.2. The van der Waals surface area contributed by atoms with Gasteiger partial charge in [0.05, 0.1) is 29.3 Å². The predicted octanol–water partition coefficient (Wildman–Crippen LogP) is 3.77. The number of carbonyl (C=O) groups excluding carboxylic acids is 2. The zero-order chi connectivity index (χ0) is 24.6. The van der Waals surface area contributed by atoms with E-state index in [1.165, 1.54) is 24.6 Å². The smallest absolute Gasteiger partial charge is 0.260 e. The molecule has 0 radical (unpaired) electrons. The number of aromatic nitrogens is 5. The molecule has 0 atom stereocenters. The maximum Gasteiger partial charge on any atom is 0.260 e. The number of carbonyl (C=O) groups is 2. The van der Waals surface area contributed by atoms with Gasteiger partial charge in [0, 0.05) is 25.2 Å². The Kier molecular flexibility index (Phi) is 11.9. The van der Waals surface area contributed by atoms with Gasteiger partial charge in [0.15, 0.2) is 0 Å². The number of imidazole rings is 1. The van der Waals surface area contributed by atoms with Gasteiger partial charge in [-0.1, -0.05) is 25.0 Å². The summed E-state index contributed by atoms with van der Waals surface area (Å²) in [7, 11) is 1.50. The zero-order valence-electron chi connectivity index (χ0n) is 19.3. The van der Waals surface area contributed by atoms with Crippen molar-refractivity contribution >= 4 is 23.5 Å². The quantitative estimate of drug-likeness (QED) is 0.232. The van der Waals surface area contributed by atoms with Crippen LogP contribution in [0, 0.1) is 0 Å². The molecule has 3 heterocycles. The van der Waals surface area contributed by atoms with Crippen molar-refractivity contribution in [1.82, 2.24) is 24.7 Å². The molecule has 0 aliphatic heterocycles. The number of aryl methyl sites for hydroxylation is 1. The molecule has 1 amide bonds. The summed E-state index contributed by atoms with van der Waals surface area (Å²) < 4.78 is 1.84. The standard InChI is InChI=1S/C19H22N4O.C4H4N2OS.CH5N/c24-14-5-3-1-2-4-7-19-20-15-18(22-19)16-8-10-17(11-9-16)23-13-6-12-21-23;5-4(7)3-1-6-2-8-3;1-2/h6,8-15H,1-5,7H2,(H,20,22);1-2H,(H2,5,7);2H2,1H3. The van der Waals surface area contributed by atoms with Gasteiger partial charge in [-0.2, -0.15) is 5.10 Å². The number of thiazole rings is 1. The van der Waals surface area contributed by atoms with Gasteiger partial charge in [-0.05, 0) is 43.7 Å². The average Bonchev–Trinajstić information content (AvgIpc) is 3.66. The average molecular weight is 482 g/mol. The number of aromatic amines is 1. The molecule has 0 aliphatic carbocycles. The Morgan fingerprint density at radius 1 is 1.12 bits per heavy atom. The number of H-pyrrole nitrogens is 1. The highest BCUT2D eigenvalue weighted by molar-refractivity contribution is 7.11. The van der Waals surface area contributed by atoms with Gasteiger partial charge >= 0.3 is 0 Å². The Labute approximate surface area is 203 Å². The van der Waals surface area contributed by atoms with E-state index in [2.05, 4.69) is 50.0 Å². The second-order valence-corrected chi connectivity index (χ2v) is 7.98. The third-order valence-corrected chi connectivity index (χ3v) is 5.52. The lowest BCUT2D eigenvalue weighted by Crippen LogP contribution is -2.08. The number of nitrogens with two attached hydrogens (primary N) is 2. The molecule has 0 unspecified atom stereocenters. The molecule has 9 nitrogen and oxygen atoms in total. The van der Waals surface area contributed by atoms with Gasteiger partial charge in [0.2, 0.25) is 0 Å². The molecular formula is C24H31N7O2S. The number of primary amides is 1. The molecule has 4 rings (SSSR count). The molecule has 0 saturated heterocycles. The number of unbranched alkanes of at least 4 members (excludes halogenated alkanes) is 4. The van der Waals surface area contributed by atoms with Gasteiger partial charge in [0.25, 0.3) is 5.91 Å². The number of nitrogens with one attached hydrogen (secondary N) is 1. The SMILES string of the molecule is CN.NC(=O)c1cncs1.O=CCCCCCCc1ncc(-c2ccc(-n3cccn3)cc2)[nH]1. The third-order valence-electron chi connectivity index (χ3n) is 4.74. The number of nitrogens with zero attached hydrogens (tertiary/aromatic N) is 4. The van der Waals surface area contributed by atoms with E-state index >= 15 is 0 Å². The highest BCUT2D eigenvalue weighted by Gasteiger charge is 2.04. The van der Waals surface area contributed by atoms with Gasteiger partial charge in [-0.25, -0.2) is 9.67 Å². The number of amides is 1. The van der Waals surface area contributed by atoms with Crippen LogP contribution in [0.5, 0.6) is 0 Å². The largest absolute Gasteiger partial charge is 0.365 e. The van der Waals surface area contributed by atoms with Crippen LogP contribution in [-0.4, -0.2) is 44.0 Å². The van der Waals surface area contributed by atoms with Crippen molar-refractivity contribution in [3.05, 3.63) is 71.3 Å². The summed E-state index contributed by atoms with van der Waals surface area (Å²) >= 11 is 1.25. The molecule has 1 aromatic carbocycles. The van der Waals surface area contributed by atoms with E-state index < -0.39 is 5.91 Å². The topological polar surface area (TPSA) is 146 Å². The van der Waals surface area contributed by atoms with Gasteiger partial charge in [0.1, 0.15) is 17.0 Å². The van der Waals surface area contributed by atoms with E-state index in [4.69, 9.17) is 5.73 Å². The van der Waals surface area contributed by atoms with Crippen LogP contribution in [0.2, 0.25) is 0 Å². The highest BCUT2D eigenvalue weighted by Crippen LogP contribution is 2.19. The molecule has 34 heavy (non-hydrogen) atoms. The first-order valence-corrected chi connectivity index (χ1v) is 11.9. The van der Waals surface area contributed by atoms with Crippen molar-refractivity contribution in [1.29, 1.82) is 0 Å². The second kappa shape index (κ2) is 15.3. The first-order chi connectivity index (χ1) is 16.7. The second-order valence-electron chi connectivity index (χ2n) is 7.09. The Hall–Kier alpha value is -3.63. The van der Waals surface area contributed by atoms with E-state index in [1.54, 1.807) is 11.7 Å². The zero-order valence-corrected chi connectivity index (χ0v) is 20.1. The summed E-state index contributed by atoms with van der Waals surface area (Å²) in [4.78, 5) is 32.6. The lowest BCUT2D eigenvalue weighted by molar-refractivity contribution is -0.107. The molecule has 0 spiro atoms. The molecule has 0 bridgehead atoms. The number of hydrogen-bond acceptors (Lipinski definition) is 7. The van der Waals surface area contributed by atoms with E-state index in [1.807, 2.05) is 23.1 Å². The molecular weight excluding hydrogens is 450 g/mol. The molecule has 3 aromatic heterocycles. The minimum atomic E-state index is -0.410. The summed E-state index contributed by atoms with van der Waals surface area (Å²) in [5.74, 6) is 0.615. The maximum atomic E-state index is 10.3. The first kappa shape index (κ1) is 26.6. The fourth-order valence-corrected chi connectivity index (χ4v) is 3.54. The Morgan fingerprint density at radius 3 is 2.47 bits per heavy atom. The Balaban J connectivity index is 0.000000343. The summed E-state index contributed by atoms with van der Waals surface area (Å²) in [6.45, 7) is 0. The third kappa shape index (κ3) is 8.72. The molecule has 5 N–H and O–H groups in total. The predicted molar refractivity (Wildman–Crippen MR) is 135 cm³/mol. The van der Waals surface area contributed by atoms with Crippen LogP contribution in [0.3, 0.4) is 0 Å². The molecule has 0 aliphatic rings. The van der Waals surface area contributed by atoms with Gasteiger partial charge < -0.3 is 21.2 Å². The van der Waals surface area contributed by atoms with E-state index in [0.717, 1.165) is 61.2 Å². The van der Waals surface area contributed by atoms with Crippen LogP contribution in [0.15, 0.2) is 60.6 Å². The highest BCUT2D eigenvalue weighted by atomic mass is 32.1. The van der Waals surface area contributed by atoms with Crippen LogP contribution in [-0.2, 0) is 11.2 Å². The molecule has 4 aromatic rings. The lowest BCUT2D eigenvalue weighted by atomic mass is 10.1. The molecule has 10 heteroatoms. The van der Waals surface area contributed by atoms with Crippen molar-refractivity contribution in [3.63, 3.8) is 0 Å². The summed E-state index contributed by atoms with van der Waals surface area (Å²) in [6, 6.07) is 10.2. The fourth-order valence-electron chi connectivity index (χ4n) is 3.06. The first-order valence-electron chi connectivity index (χ1n) is 11.0. The molecule has 180 valence electrons. The van der Waals surface area contributed by atoms with Crippen LogP contribution in [0.1, 0.15) is 47.6 Å². The molecule has 0 fully saturated rings. The van der Waals surface area contributed by atoms with E-state index in [0.29, 0.717) is 11.3 Å². The summed E-state index contributed by atoms with van der Waals surface area (Å²) in [6.07, 6.45) is 14.0. The maximum absolute atomic E-state index is 10.3. The minimum absolute atomic E-state index is 0.410. The van der Waals surface area contributed by atoms with Gasteiger partial charge in [-0.15, -0.1) is 11.3 Å². The number of rotatable bonds is 10. The van der Waals surface area contributed by atoms with Crippen LogP contribution in [0.4, 0.5) is 0 Å². The monoisotopic (exact) mass is 481 g/mol. The van der Waals surface area contributed by atoms with E-state index in [-0.39, 0.29) is 0 Å². The van der Waals surface area contributed by atoms with Crippen LogP contribution < -0.4 is 11.5 Å².